The lowest BCUT2D eigenvalue weighted by Crippen LogP contribution is -2.56. The van der Waals surface area contributed by atoms with Crippen LogP contribution in [0.5, 0.6) is 0 Å². The van der Waals surface area contributed by atoms with E-state index in [-0.39, 0.29) is 5.92 Å². The quantitative estimate of drug-likeness (QED) is 0.337. The van der Waals surface area contributed by atoms with Crippen molar-refractivity contribution in [3.05, 3.63) is 34.7 Å². The van der Waals surface area contributed by atoms with Gasteiger partial charge < -0.3 is 5.73 Å². The smallest absolute Gasteiger partial charge is 0.347 e. The Morgan fingerprint density at radius 1 is 1.15 bits per heavy atom. The number of rotatable bonds is 7. The van der Waals surface area contributed by atoms with Gasteiger partial charge in [-0.3, -0.25) is 9.36 Å². The monoisotopic (exact) mass is 361 g/mol. The predicted octanol–water partition coefficient (Wildman–Crippen LogP) is 1.65. The molecule has 26 heavy (non-hydrogen) atoms. The molecule has 0 fully saturated rings. The summed E-state index contributed by atoms with van der Waals surface area (Å²) in [6.45, 7) is 6.07. The molecule has 2 amide bonds. The second-order valence-electron chi connectivity index (χ2n) is 6.75. The molecule has 0 saturated heterocycles. The zero-order valence-corrected chi connectivity index (χ0v) is 15.5. The van der Waals surface area contributed by atoms with Crippen LogP contribution in [-0.2, 0) is 11.3 Å². The van der Waals surface area contributed by atoms with Crippen LogP contribution in [0.1, 0.15) is 40.0 Å². The fourth-order valence-electron chi connectivity index (χ4n) is 3.15. The van der Waals surface area contributed by atoms with Gasteiger partial charge in [-0.1, -0.05) is 45.7 Å². The normalized spacial score (nSPS) is 12.5. The highest BCUT2D eigenvalue weighted by molar-refractivity contribution is 5.92. The fourth-order valence-corrected chi connectivity index (χ4v) is 3.15. The predicted molar refractivity (Wildman–Crippen MR) is 100 cm³/mol. The maximum Gasteiger partial charge on any atom is 0.347 e. The number of hydrogen-bond donors (Lipinski definition) is 2. The average molecular weight is 361 g/mol. The van der Waals surface area contributed by atoms with Gasteiger partial charge in [0.2, 0.25) is 5.91 Å². The van der Waals surface area contributed by atoms with E-state index >= 15 is 0 Å². The van der Waals surface area contributed by atoms with E-state index < -0.39 is 23.7 Å². The first-order chi connectivity index (χ1) is 12.3. The Morgan fingerprint density at radius 2 is 1.77 bits per heavy atom. The van der Waals surface area contributed by atoms with Crippen LogP contribution in [0.15, 0.2) is 29.1 Å². The Kier molecular flexibility index (Phi) is 6.20. The minimum Gasteiger partial charge on any atom is -0.368 e. The van der Waals surface area contributed by atoms with E-state index in [0.29, 0.717) is 17.6 Å². The summed E-state index contributed by atoms with van der Waals surface area (Å²) in [4.78, 5) is 37.5. The molecular formula is C18H27N5O3. The first-order valence-electron chi connectivity index (χ1n) is 8.89. The molecule has 1 atom stereocenters. The molecule has 0 spiro atoms. The van der Waals surface area contributed by atoms with Gasteiger partial charge in [-0.05, 0) is 24.5 Å². The Balaban J connectivity index is 2.52. The number of hydrazine groups is 1. The zero-order chi connectivity index (χ0) is 19.4. The number of amides is 2. The number of aromatic nitrogens is 2. The fraction of sp³-hybridized carbons (Fsp3) is 0.500. The number of fused-ring (bicyclic) bond motifs is 1. The lowest BCUT2D eigenvalue weighted by molar-refractivity contribution is -0.123. The number of unbranched alkanes of at least 4 members (excludes halogenated alkanes) is 2. The highest BCUT2D eigenvalue weighted by Crippen LogP contribution is 2.16. The van der Waals surface area contributed by atoms with Gasteiger partial charge in [0, 0.05) is 6.54 Å². The van der Waals surface area contributed by atoms with Crippen molar-refractivity contribution >= 4 is 23.0 Å². The lowest BCUT2D eigenvalue weighted by atomic mass is 10.0. The molecule has 0 aliphatic carbocycles. The summed E-state index contributed by atoms with van der Waals surface area (Å²) >= 11 is 0. The first-order valence-corrected chi connectivity index (χ1v) is 8.89. The number of benzene rings is 1. The molecular weight excluding hydrogens is 334 g/mol. The number of carbonyl (C=O) groups excluding carboxylic acids is 2. The van der Waals surface area contributed by atoms with Gasteiger partial charge in [0.15, 0.2) is 0 Å². The van der Waals surface area contributed by atoms with Crippen LogP contribution >= 0.6 is 0 Å². The molecule has 2 aromatic rings. The third-order valence-electron chi connectivity index (χ3n) is 4.46. The molecule has 0 aliphatic heterocycles. The van der Waals surface area contributed by atoms with Crippen LogP contribution in [0.4, 0.5) is 4.79 Å². The van der Waals surface area contributed by atoms with Crippen LogP contribution in [-0.4, -0.2) is 32.1 Å². The molecule has 1 aromatic carbocycles. The van der Waals surface area contributed by atoms with Crippen molar-refractivity contribution in [2.24, 2.45) is 17.5 Å². The molecule has 0 unspecified atom stereocenters. The van der Waals surface area contributed by atoms with Gasteiger partial charge in [-0.15, -0.1) is 0 Å². The molecule has 0 saturated carbocycles. The average Bonchev–Trinajstić information content (AvgIpc) is 2.86. The molecule has 142 valence electrons. The number of nitrogens with zero attached hydrogens (tertiary/aromatic N) is 3. The van der Waals surface area contributed by atoms with E-state index in [9.17, 15) is 14.4 Å². The summed E-state index contributed by atoms with van der Waals surface area (Å²) in [5.74, 6) is 4.91. The SMILES string of the molecule is CCCCCn1c(=O)n(C(=O)N(N)[C@H](C(N)=O)C(C)C)c2ccccc21. The van der Waals surface area contributed by atoms with Crippen LogP contribution in [0.2, 0.25) is 0 Å². The number of nitrogens with two attached hydrogens (primary N) is 2. The third kappa shape index (κ3) is 3.65. The molecule has 4 N–H and O–H groups in total. The zero-order valence-electron chi connectivity index (χ0n) is 15.5. The highest BCUT2D eigenvalue weighted by Gasteiger charge is 2.31. The molecule has 2 rings (SSSR count). The minimum atomic E-state index is -1.00. The topological polar surface area (TPSA) is 116 Å². The third-order valence-corrected chi connectivity index (χ3v) is 4.46. The van der Waals surface area contributed by atoms with Crippen molar-refractivity contribution in [2.75, 3.05) is 0 Å². The van der Waals surface area contributed by atoms with E-state index in [1.54, 1.807) is 36.6 Å². The van der Waals surface area contributed by atoms with Gasteiger partial charge in [0.05, 0.1) is 11.0 Å². The minimum absolute atomic E-state index is 0.282. The number of aryl methyl sites for hydroxylation is 1. The summed E-state index contributed by atoms with van der Waals surface area (Å²) < 4.78 is 2.59. The molecule has 8 nitrogen and oxygen atoms in total. The van der Waals surface area contributed by atoms with Crippen LogP contribution in [0.25, 0.3) is 11.0 Å². The van der Waals surface area contributed by atoms with Crippen molar-refractivity contribution in [2.45, 2.75) is 52.6 Å². The van der Waals surface area contributed by atoms with E-state index in [1.165, 1.54) is 0 Å². The van der Waals surface area contributed by atoms with Crippen molar-refractivity contribution < 1.29 is 9.59 Å². The summed E-state index contributed by atoms with van der Waals surface area (Å²) in [7, 11) is 0. The van der Waals surface area contributed by atoms with Gasteiger partial charge in [-0.25, -0.2) is 25.0 Å². The van der Waals surface area contributed by atoms with Gasteiger partial charge in [0.25, 0.3) is 0 Å². The summed E-state index contributed by atoms with van der Waals surface area (Å²) in [6, 6.07) is 5.27. The number of hydrogen-bond acceptors (Lipinski definition) is 4. The Hall–Kier alpha value is -2.61. The molecule has 1 aromatic heterocycles. The van der Waals surface area contributed by atoms with Gasteiger partial charge in [0.1, 0.15) is 6.04 Å². The summed E-state index contributed by atoms with van der Waals surface area (Å²) in [5.41, 5.74) is 6.04. The second-order valence-corrected chi connectivity index (χ2v) is 6.75. The maximum absolute atomic E-state index is 12.9. The summed E-state index contributed by atoms with van der Waals surface area (Å²) in [6.07, 6.45) is 2.85. The van der Waals surface area contributed by atoms with Crippen molar-refractivity contribution in [3.8, 4) is 0 Å². The Labute approximate surface area is 152 Å². The van der Waals surface area contributed by atoms with E-state index in [4.69, 9.17) is 11.6 Å². The Bertz CT molecular complexity index is 852. The van der Waals surface area contributed by atoms with Gasteiger partial charge >= 0.3 is 11.7 Å². The van der Waals surface area contributed by atoms with Crippen molar-refractivity contribution in [3.63, 3.8) is 0 Å². The second kappa shape index (κ2) is 8.18. The largest absolute Gasteiger partial charge is 0.368 e. The molecule has 0 aliphatic rings. The number of carbonyl (C=O) groups is 2. The van der Waals surface area contributed by atoms with E-state index in [0.717, 1.165) is 28.8 Å². The molecule has 8 heteroatoms. The summed E-state index contributed by atoms with van der Waals surface area (Å²) in [5, 5.41) is 0.761. The lowest BCUT2D eigenvalue weighted by Gasteiger charge is -2.27. The first kappa shape index (κ1) is 19.7. The van der Waals surface area contributed by atoms with Crippen molar-refractivity contribution in [1.82, 2.24) is 14.1 Å². The maximum atomic E-state index is 12.9. The molecule has 0 bridgehead atoms. The number of primary amides is 1. The van der Waals surface area contributed by atoms with Crippen LogP contribution < -0.4 is 17.3 Å². The molecule has 0 radical (unpaired) electrons. The van der Waals surface area contributed by atoms with Crippen LogP contribution in [0, 0.1) is 5.92 Å². The van der Waals surface area contributed by atoms with E-state index in [1.807, 2.05) is 6.07 Å². The Morgan fingerprint density at radius 3 is 2.31 bits per heavy atom. The number of imidazole rings is 1. The number of para-hydroxylation sites is 2. The van der Waals surface area contributed by atoms with Crippen LogP contribution in [0.3, 0.4) is 0 Å². The van der Waals surface area contributed by atoms with Crippen molar-refractivity contribution in [1.29, 1.82) is 0 Å². The standard InChI is InChI=1S/C18H27N5O3/c1-4-5-8-11-21-13-9-6-7-10-14(13)22(17(21)25)18(26)23(20)15(12(2)3)16(19)24/h6-7,9-10,12,15H,4-5,8,11,20H2,1-3H3,(H2,19,24)/t15-/m0/s1. The molecule has 1 heterocycles. The van der Waals surface area contributed by atoms with E-state index in [2.05, 4.69) is 6.92 Å². The van der Waals surface area contributed by atoms with Gasteiger partial charge in [-0.2, -0.15) is 0 Å². The highest BCUT2D eigenvalue weighted by atomic mass is 16.2.